The van der Waals surface area contributed by atoms with E-state index in [2.05, 4.69) is 30.3 Å². The summed E-state index contributed by atoms with van der Waals surface area (Å²) in [4.78, 5) is 17.3. The second-order valence-electron chi connectivity index (χ2n) is 7.14. The van der Waals surface area contributed by atoms with Crippen molar-refractivity contribution in [2.24, 2.45) is 0 Å². The van der Waals surface area contributed by atoms with Gasteiger partial charge in [-0.15, -0.1) is 10.2 Å². The maximum Gasteiger partial charge on any atom is 0.401 e. The number of carbonyl (C=O) groups is 1. The fraction of sp³-hybridized carbons (Fsp3) is 0.353. The summed E-state index contributed by atoms with van der Waals surface area (Å²) in [6, 6.07) is 0.633. The standard InChI is InChI=1S/C17H12F7N7O2/c1-16(17(22,23)24)6-30(15(32)27-7-2-8(13(18)19)28-26-4-7)9-5-25-10-3-11(33-14(20)21)29-31(10)12(9)16/h2-5,13-14H,6H2,1H3,(H,27,28,32)/t16-/m0/s1. The number of aromatic nitrogens is 5. The van der Waals surface area contributed by atoms with E-state index in [4.69, 9.17) is 0 Å². The van der Waals surface area contributed by atoms with Gasteiger partial charge in [0.1, 0.15) is 11.1 Å². The number of halogens is 7. The highest BCUT2D eigenvalue weighted by Gasteiger charge is 2.60. The highest BCUT2D eigenvalue weighted by atomic mass is 19.4. The summed E-state index contributed by atoms with van der Waals surface area (Å²) in [5, 5.41) is 12.3. The highest BCUT2D eigenvalue weighted by Crippen LogP contribution is 2.50. The Morgan fingerprint density at radius 1 is 1.21 bits per heavy atom. The van der Waals surface area contributed by atoms with E-state index in [-0.39, 0.29) is 17.0 Å². The number of nitrogens with one attached hydrogen (secondary N) is 1. The number of anilines is 2. The van der Waals surface area contributed by atoms with E-state index in [9.17, 15) is 35.5 Å². The molecule has 0 bridgehead atoms. The molecule has 0 spiro atoms. The van der Waals surface area contributed by atoms with Crippen molar-refractivity contribution < 1.29 is 40.3 Å². The van der Waals surface area contributed by atoms with E-state index < -0.39 is 54.5 Å². The molecule has 1 N–H and O–H groups in total. The number of amides is 2. The maximum atomic E-state index is 14.1. The van der Waals surface area contributed by atoms with E-state index in [1.807, 2.05) is 0 Å². The van der Waals surface area contributed by atoms with Crippen molar-refractivity contribution in [2.75, 3.05) is 16.8 Å². The third kappa shape index (κ3) is 3.84. The molecule has 3 aromatic rings. The van der Waals surface area contributed by atoms with Crippen LogP contribution in [-0.2, 0) is 5.41 Å². The molecule has 0 saturated carbocycles. The third-order valence-electron chi connectivity index (χ3n) is 4.96. The Balaban J connectivity index is 1.77. The average Bonchev–Trinajstić information content (AvgIpc) is 3.25. The van der Waals surface area contributed by atoms with Crippen LogP contribution < -0.4 is 15.0 Å². The van der Waals surface area contributed by atoms with Crippen molar-refractivity contribution in [3.63, 3.8) is 0 Å². The minimum absolute atomic E-state index is 0.220. The predicted octanol–water partition coefficient (Wildman–Crippen LogP) is 3.93. The van der Waals surface area contributed by atoms with E-state index in [1.54, 1.807) is 0 Å². The number of carbonyl (C=O) groups excluding carboxylic acids is 1. The maximum absolute atomic E-state index is 14.1. The molecule has 0 unspecified atom stereocenters. The lowest BCUT2D eigenvalue weighted by molar-refractivity contribution is -0.181. The summed E-state index contributed by atoms with van der Waals surface area (Å²) < 4.78 is 97.8. The van der Waals surface area contributed by atoms with Crippen LogP contribution in [-0.4, -0.2) is 50.2 Å². The molecule has 0 radical (unpaired) electrons. The fourth-order valence-corrected chi connectivity index (χ4v) is 3.40. The fourth-order valence-electron chi connectivity index (χ4n) is 3.40. The lowest BCUT2D eigenvalue weighted by atomic mass is 9.88. The van der Waals surface area contributed by atoms with Gasteiger partial charge in [-0.3, -0.25) is 4.90 Å². The van der Waals surface area contributed by atoms with E-state index in [0.29, 0.717) is 9.42 Å². The Bertz CT molecular complexity index is 1220. The van der Waals surface area contributed by atoms with Gasteiger partial charge in [0, 0.05) is 12.6 Å². The summed E-state index contributed by atoms with van der Waals surface area (Å²) in [7, 11) is 0. The first-order valence-electron chi connectivity index (χ1n) is 9.01. The van der Waals surface area contributed by atoms with Crippen LogP contribution in [0.25, 0.3) is 5.65 Å². The van der Waals surface area contributed by atoms with Crippen LogP contribution >= 0.6 is 0 Å². The molecule has 0 fully saturated rings. The number of hydrogen-bond donors (Lipinski definition) is 1. The molecule has 176 valence electrons. The molecule has 4 heterocycles. The second-order valence-corrected chi connectivity index (χ2v) is 7.14. The topological polar surface area (TPSA) is 97.5 Å². The second kappa shape index (κ2) is 7.70. The molecule has 33 heavy (non-hydrogen) atoms. The first-order valence-corrected chi connectivity index (χ1v) is 9.01. The van der Waals surface area contributed by atoms with Crippen LogP contribution in [0.5, 0.6) is 5.88 Å². The lowest BCUT2D eigenvalue weighted by Gasteiger charge is -2.28. The largest absolute Gasteiger partial charge is 0.415 e. The number of hydrogen-bond acceptors (Lipinski definition) is 6. The van der Waals surface area contributed by atoms with Gasteiger partial charge in [0.25, 0.3) is 6.43 Å². The van der Waals surface area contributed by atoms with Crippen LogP contribution in [0.3, 0.4) is 0 Å². The Hall–Kier alpha value is -3.72. The predicted molar refractivity (Wildman–Crippen MR) is 96.4 cm³/mol. The van der Waals surface area contributed by atoms with Gasteiger partial charge in [0.2, 0.25) is 5.88 Å². The molecule has 1 atom stereocenters. The normalized spacial score (nSPS) is 18.3. The lowest BCUT2D eigenvalue weighted by Crippen LogP contribution is -2.46. The van der Waals surface area contributed by atoms with Crippen LogP contribution in [0.2, 0.25) is 0 Å². The number of urea groups is 1. The van der Waals surface area contributed by atoms with Crippen molar-refractivity contribution in [1.29, 1.82) is 0 Å². The third-order valence-corrected chi connectivity index (χ3v) is 4.96. The first kappa shape index (κ1) is 22.5. The molecule has 3 aromatic heterocycles. The van der Waals surface area contributed by atoms with Crippen LogP contribution in [0.15, 0.2) is 24.5 Å². The van der Waals surface area contributed by atoms with E-state index in [1.165, 1.54) is 0 Å². The minimum Gasteiger partial charge on any atom is -0.415 e. The summed E-state index contributed by atoms with van der Waals surface area (Å²) in [6.07, 6.45) is -6.00. The number of fused-ring (bicyclic) bond motifs is 3. The molecular weight excluding hydrogens is 467 g/mol. The van der Waals surface area contributed by atoms with Crippen LogP contribution in [0.4, 0.5) is 46.9 Å². The molecule has 2 amide bonds. The van der Waals surface area contributed by atoms with Crippen molar-refractivity contribution in [3.05, 3.63) is 35.9 Å². The Labute approximate surface area is 179 Å². The van der Waals surface area contributed by atoms with Crippen molar-refractivity contribution >= 4 is 23.1 Å². The van der Waals surface area contributed by atoms with Gasteiger partial charge in [-0.1, -0.05) is 0 Å². The van der Waals surface area contributed by atoms with Gasteiger partial charge >= 0.3 is 18.8 Å². The monoisotopic (exact) mass is 479 g/mol. The van der Waals surface area contributed by atoms with Crippen molar-refractivity contribution in [1.82, 2.24) is 24.8 Å². The molecule has 4 rings (SSSR count). The van der Waals surface area contributed by atoms with Gasteiger partial charge < -0.3 is 10.1 Å². The molecule has 1 aliphatic rings. The van der Waals surface area contributed by atoms with Crippen LogP contribution in [0, 0.1) is 0 Å². The molecule has 9 nitrogen and oxygen atoms in total. The quantitative estimate of drug-likeness (QED) is 0.570. The van der Waals surface area contributed by atoms with Gasteiger partial charge in [-0.25, -0.2) is 23.1 Å². The highest BCUT2D eigenvalue weighted by molar-refractivity contribution is 6.03. The van der Waals surface area contributed by atoms with Crippen molar-refractivity contribution in [3.8, 4) is 5.88 Å². The van der Waals surface area contributed by atoms with Gasteiger partial charge in [-0.2, -0.15) is 27.1 Å². The van der Waals surface area contributed by atoms with Gasteiger partial charge in [0.05, 0.1) is 29.5 Å². The molecule has 1 aliphatic heterocycles. The summed E-state index contributed by atoms with van der Waals surface area (Å²) in [5.74, 6) is -0.666. The number of ether oxygens (including phenoxy) is 1. The van der Waals surface area contributed by atoms with E-state index >= 15 is 0 Å². The first-order chi connectivity index (χ1) is 15.4. The zero-order valence-electron chi connectivity index (χ0n) is 16.3. The molecule has 16 heteroatoms. The number of rotatable bonds is 4. The smallest absolute Gasteiger partial charge is 0.401 e. The summed E-state index contributed by atoms with van der Waals surface area (Å²) in [5.41, 5.74) is -4.74. The Morgan fingerprint density at radius 3 is 2.58 bits per heavy atom. The minimum atomic E-state index is -4.90. The van der Waals surface area contributed by atoms with Gasteiger partial charge in [-0.05, 0) is 13.0 Å². The van der Waals surface area contributed by atoms with Crippen LogP contribution in [0.1, 0.15) is 24.7 Å². The van der Waals surface area contributed by atoms with E-state index in [0.717, 1.165) is 31.5 Å². The average molecular weight is 479 g/mol. The molecule has 0 saturated heterocycles. The summed E-state index contributed by atoms with van der Waals surface area (Å²) in [6.45, 7) is -3.40. The molecule has 0 aliphatic carbocycles. The number of alkyl halides is 7. The number of nitrogens with zero attached hydrogens (tertiary/aromatic N) is 6. The Kier molecular flexibility index (Phi) is 5.24. The zero-order valence-corrected chi connectivity index (χ0v) is 16.3. The summed E-state index contributed by atoms with van der Waals surface area (Å²) >= 11 is 0. The Morgan fingerprint density at radius 2 is 1.94 bits per heavy atom. The SMILES string of the molecule is C[C@]1(C(F)(F)F)CN(C(=O)Nc2cnnc(C(F)F)c2)c2cnc3cc(OC(F)F)nn3c21. The molecular formula is C17H12F7N7O2. The molecule has 0 aromatic carbocycles. The van der Waals surface area contributed by atoms with Crippen molar-refractivity contribution in [2.45, 2.75) is 31.6 Å². The zero-order chi connectivity index (χ0) is 24.1. The van der Waals surface area contributed by atoms with Gasteiger partial charge in [0.15, 0.2) is 5.65 Å².